The lowest BCUT2D eigenvalue weighted by atomic mass is 9.92. The summed E-state index contributed by atoms with van der Waals surface area (Å²) in [5, 5.41) is 2.68. The number of hydrogen-bond donors (Lipinski definition) is 1. The van der Waals surface area contributed by atoms with Crippen molar-refractivity contribution in [1.82, 2.24) is 0 Å². The van der Waals surface area contributed by atoms with Gasteiger partial charge in [0.05, 0.1) is 5.69 Å². The molecule has 0 aromatic heterocycles. The number of anilines is 1. The minimum absolute atomic E-state index is 0.0795. The van der Waals surface area contributed by atoms with Crippen molar-refractivity contribution in [2.24, 2.45) is 5.41 Å². The molecule has 1 aromatic carbocycles. The molecule has 0 spiro atoms. The van der Waals surface area contributed by atoms with Crippen LogP contribution in [0.2, 0.25) is 0 Å². The Kier molecular flexibility index (Phi) is 4.08. The third-order valence-electron chi connectivity index (χ3n) is 1.89. The van der Waals surface area contributed by atoms with E-state index in [1.165, 1.54) is 12.1 Å². The van der Waals surface area contributed by atoms with Gasteiger partial charge in [0.2, 0.25) is 5.91 Å². The van der Waals surface area contributed by atoms with E-state index >= 15 is 0 Å². The van der Waals surface area contributed by atoms with Crippen LogP contribution in [0.4, 0.5) is 10.1 Å². The Hall–Kier alpha value is -0.900. The van der Waals surface area contributed by atoms with Crippen LogP contribution in [0.5, 0.6) is 0 Å². The summed E-state index contributed by atoms with van der Waals surface area (Å²) in [4.78, 5) is 11.6. The Labute approximate surface area is 103 Å². The van der Waals surface area contributed by atoms with Gasteiger partial charge in [-0.25, -0.2) is 4.39 Å². The normalized spacial score (nSPS) is 11.3. The van der Waals surface area contributed by atoms with Crippen molar-refractivity contribution in [2.75, 3.05) is 5.32 Å². The van der Waals surface area contributed by atoms with Crippen LogP contribution in [-0.2, 0) is 4.79 Å². The first-order valence-corrected chi connectivity index (χ1v) is 5.82. The molecule has 0 fully saturated rings. The third kappa shape index (κ3) is 4.31. The monoisotopic (exact) mass is 287 g/mol. The number of carbonyl (C=O) groups excluding carboxylic acids is 1. The van der Waals surface area contributed by atoms with E-state index < -0.39 is 0 Å². The van der Waals surface area contributed by atoms with E-state index in [0.717, 1.165) is 0 Å². The van der Waals surface area contributed by atoms with Crippen LogP contribution in [0.25, 0.3) is 0 Å². The lowest BCUT2D eigenvalue weighted by Crippen LogP contribution is -2.19. The molecule has 88 valence electrons. The minimum atomic E-state index is -0.366. The molecule has 0 aliphatic heterocycles. The fraction of sp³-hybridized carbons (Fsp3) is 0.417. The first-order chi connectivity index (χ1) is 7.28. The number of carbonyl (C=O) groups is 1. The lowest BCUT2D eigenvalue weighted by molar-refractivity contribution is -0.117. The van der Waals surface area contributed by atoms with E-state index in [9.17, 15) is 9.18 Å². The maximum absolute atomic E-state index is 13.0. The Balaban J connectivity index is 2.73. The Morgan fingerprint density at radius 2 is 2.06 bits per heavy atom. The molecule has 0 bridgehead atoms. The van der Waals surface area contributed by atoms with E-state index in [0.29, 0.717) is 16.6 Å². The van der Waals surface area contributed by atoms with Crippen LogP contribution >= 0.6 is 15.9 Å². The molecule has 0 atom stereocenters. The standard InChI is InChI=1S/C12H15BrFNO/c1-12(2,3)7-11(16)15-10-6-8(14)4-5-9(10)13/h4-6H,7H2,1-3H3,(H,15,16). The molecule has 0 aliphatic carbocycles. The van der Waals surface area contributed by atoms with Crippen LogP contribution in [0, 0.1) is 11.2 Å². The van der Waals surface area contributed by atoms with Crippen molar-refractivity contribution in [3.05, 3.63) is 28.5 Å². The van der Waals surface area contributed by atoms with Gasteiger partial charge in [-0.1, -0.05) is 20.8 Å². The van der Waals surface area contributed by atoms with Crippen LogP contribution in [0.15, 0.2) is 22.7 Å². The first-order valence-electron chi connectivity index (χ1n) is 5.03. The quantitative estimate of drug-likeness (QED) is 0.876. The number of amides is 1. The van der Waals surface area contributed by atoms with Crippen molar-refractivity contribution in [2.45, 2.75) is 27.2 Å². The first kappa shape index (κ1) is 13.2. The highest BCUT2D eigenvalue weighted by molar-refractivity contribution is 9.10. The maximum Gasteiger partial charge on any atom is 0.224 e. The van der Waals surface area contributed by atoms with Gasteiger partial charge < -0.3 is 5.32 Å². The summed E-state index contributed by atoms with van der Waals surface area (Å²) in [6.45, 7) is 5.94. The SMILES string of the molecule is CC(C)(C)CC(=O)Nc1cc(F)ccc1Br. The van der Waals surface area contributed by atoms with Crippen molar-refractivity contribution in [3.8, 4) is 0 Å². The summed E-state index contributed by atoms with van der Waals surface area (Å²) in [6, 6.07) is 4.20. The van der Waals surface area contributed by atoms with E-state index in [4.69, 9.17) is 0 Å². The van der Waals surface area contributed by atoms with E-state index in [1.54, 1.807) is 6.07 Å². The summed E-state index contributed by atoms with van der Waals surface area (Å²) in [5.74, 6) is -0.479. The van der Waals surface area contributed by atoms with E-state index in [1.807, 2.05) is 20.8 Å². The molecule has 1 N–H and O–H groups in total. The summed E-state index contributed by atoms with van der Waals surface area (Å²) >= 11 is 3.26. The fourth-order valence-corrected chi connectivity index (χ4v) is 1.62. The topological polar surface area (TPSA) is 29.1 Å². The van der Waals surface area contributed by atoms with E-state index in [2.05, 4.69) is 21.2 Å². The smallest absolute Gasteiger partial charge is 0.224 e. The number of halogens is 2. The lowest BCUT2D eigenvalue weighted by Gasteiger charge is -2.17. The number of rotatable bonds is 2. The number of benzene rings is 1. The fourth-order valence-electron chi connectivity index (χ4n) is 1.27. The highest BCUT2D eigenvalue weighted by atomic mass is 79.9. The van der Waals surface area contributed by atoms with Gasteiger partial charge >= 0.3 is 0 Å². The second-order valence-corrected chi connectivity index (χ2v) is 5.76. The summed E-state index contributed by atoms with van der Waals surface area (Å²) in [5.41, 5.74) is 0.387. The van der Waals surface area contributed by atoms with Crippen molar-refractivity contribution >= 4 is 27.5 Å². The molecule has 1 aromatic rings. The Morgan fingerprint density at radius 3 is 2.62 bits per heavy atom. The zero-order valence-corrected chi connectivity index (χ0v) is 11.2. The molecule has 0 saturated heterocycles. The van der Waals surface area contributed by atoms with Crippen LogP contribution in [-0.4, -0.2) is 5.91 Å². The zero-order valence-electron chi connectivity index (χ0n) is 9.60. The average Bonchev–Trinajstić information content (AvgIpc) is 2.08. The molecule has 0 aliphatic rings. The molecular weight excluding hydrogens is 273 g/mol. The van der Waals surface area contributed by atoms with Gasteiger partial charge in [0.15, 0.2) is 0 Å². The molecule has 0 heterocycles. The van der Waals surface area contributed by atoms with E-state index in [-0.39, 0.29) is 17.1 Å². The van der Waals surface area contributed by atoms with Gasteiger partial charge in [-0.2, -0.15) is 0 Å². The minimum Gasteiger partial charge on any atom is -0.325 e. The van der Waals surface area contributed by atoms with Crippen LogP contribution in [0.1, 0.15) is 27.2 Å². The molecule has 1 rings (SSSR count). The van der Waals surface area contributed by atoms with Gasteiger partial charge in [0.1, 0.15) is 5.82 Å². The van der Waals surface area contributed by atoms with Gasteiger partial charge in [-0.15, -0.1) is 0 Å². The molecule has 0 unspecified atom stereocenters. The third-order valence-corrected chi connectivity index (χ3v) is 2.58. The van der Waals surface area contributed by atoms with Crippen LogP contribution < -0.4 is 5.32 Å². The zero-order chi connectivity index (χ0) is 12.3. The van der Waals surface area contributed by atoms with Gasteiger partial charge in [-0.05, 0) is 39.5 Å². The summed E-state index contributed by atoms with van der Waals surface area (Å²) in [7, 11) is 0. The van der Waals surface area contributed by atoms with Gasteiger partial charge in [0.25, 0.3) is 0 Å². The second kappa shape index (κ2) is 4.95. The molecule has 4 heteroatoms. The molecule has 0 saturated carbocycles. The molecule has 16 heavy (non-hydrogen) atoms. The Bertz CT molecular complexity index is 398. The maximum atomic E-state index is 13.0. The van der Waals surface area contributed by atoms with Crippen molar-refractivity contribution in [1.29, 1.82) is 0 Å². The number of hydrogen-bond acceptors (Lipinski definition) is 1. The largest absolute Gasteiger partial charge is 0.325 e. The molecular formula is C12H15BrFNO. The summed E-state index contributed by atoms with van der Waals surface area (Å²) in [6.07, 6.45) is 0.399. The van der Waals surface area contributed by atoms with Gasteiger partial charge in [-0.3, -0.25) is 4.79 Å². The molecule has 0 radical (unpaired) electrons. The van der Waals surface area contributed by atoms with Crippen molar-refractivity contribution < 1.29 is 9.18 Å². The highest BCUT2D eigenvalue weighted by Crippen LogP contribution is 2.25. The predicted octanol–water partition coefficient (Wildman–Crippen LogP) is 3.96. The average molecular weight is 288 g/mol. The van der Waals surface area contributed by atoms with Gasteiger partial charge in [0, 0.05) is 10.9 Å². The summed E-state index contributed by atoms with van der Waals surface area (Å²) < 4.78 is 13.6. The highest BCUT2D eigenvalue weighted by Gasteiger charge is 2.16. The molecule has 2 nitrogen and oxygen atoms in total. The van der Waals surface area contributed by atoms with Crippen molar-refractivity contribution in [3.63, 3.8) is 0 Å². The predicted molar refractivity (Wildman–Crippen MR) is 66.8 cm³/mol. The second-order valence-electron chi connectivity index (χ2n) is 4.91. The number of nitrogens with one attached hydrogen (secondary N) is 1. The Morgan fingerprint density at radius 1 is 1.44 bits per heavy atom. The van der Waals surface area contributed by atoms with Crippen LogP contribution in [0.3, 0.4) is 0 Å². The molecule has 1 amide bonds.